The lowest BCUT2D eigenvalue weighted by molar-refractivity contribution is -0.117. The van der Waals surface area contributed by atoms with Crippen LogP contribution in [0.25, 0.3) is 0 Å². The van der Waals surface area contributed by atoms with Crippen molar-refractivity contribution in [2.45, 2.75) is 20.0 Å². The van der Waals surface area contributed by atoms with E-state index in [1.54, 1.807) is 42.6 Å². The van der Waals surface area contributed by atoms with Crippen molar-refractivity contribution in [2.24, 2.45) is 5.73 Å². The molecule has 0 radical (unpaired) electrons. The molecule has 5 N–H and O–H groups in total. The number of ether oxygens (including phenoxy) is 2. The SMILES string of the molecule is CCOc1ccccc1Oc1ccc(CNC(=O)NCc2ccc(C(=O)NCC(N)=O)cc2)cn1. The average molecular weight is 478 g/mol. The second kappa shape index (κ2) is 12.6. The second-order valence-electron chi connectivity index (χ2n) is 7.37. The molecule has 182 valence electrons. The topological polar surface area (TPSA) is 145 Å². The summed E-state index contributed by atoms with van der Waals surface area (Å²) in [5.41, 5.74) is 7.01. The summed E-state index contributed by atoms with van der Waals surface area (Å²) in [5, 5.41) is 7.92. The number of nitrogens with zero attached hydrogens (tertiary/aromatic N) is 1. The normalized spacial score (nSPS) is 10.2. The molecule has 0 atom stereocenters. The number of hydrogen-bond acceptors (Lipinski definition) is 6. The second-order valence-corrected chi connectivity index (χ2v) is 7.37. The Balaban J connectivity index is 1.43. The van der Waals surface area contributed by atoms with Gasteiger partial charge in [0.15, 0.2) is 11.5 Å². The van der Waals surface area contributed by atoms with Crippen molar-refractivity contribution in [3.63, 3.8) is 0 Å². The molecule has 0 unspecified atom stereocenters. The third kappa shape index (κ3) is 8.04. The molecule has 0 saturated heterocycles. The average Bonchev–Trinajstić information content (AvgIpc) is 2.87. The molecular formula is C25H27N5O5. The number of nitrogens with two attached hydrogens (primary N) is 1. The van der Waals surface area contributed by atoms with Crippen molar-refractivity contribution in [2.75, 3.05) is 13.2 Å². The number of primary amides is 1. The molecule has 0 aliphatic carbocycles. The minimum absolute atomic E-state index is 0.227. The monoisotopic (exact) mass is 477 g/mol. The first kappa shape index (κ1) is 25.0. The van der Waals surface area contributed by atoms with Crippen molar-refractivity contribution in [3.8, 4) is 17.4 Å². The van der Waals surface area contributed by atoms with Gasteiger partial charge in [-0.15, -0.1) is 0 Å². The lowest BCUT2D eigenvalue weighted by Gasteiger charge is -2.11. The van der Waals surface area contributed by atoms with Crippen molar-refractivity contribution < 1.29 is 23.9 Å². The Kier molecular flexibility index (Phi) is 9.00. The van der Waals surface area contributed by atoms with Crippen LogP contribution in [-0.2, 0) is 17.9 Å². The lowest BCUT2D eigenvalue weighted by Crippen LogP contribution is -2.34. The number of pyridine rings is 1. The molecule has 3 aromatic rings. The maximum absolute atomic E-state index is 12.1. The predicted molar refractivity (Wildman–Crippen MR) is 129 cm³/mol. The zero-order valence-electron chi connectivity index (χ0n) is 19.2. The van der Waals surface area contributed by atoms with Crippen molar-refractivity contribution in [1.29, 1.82) is 0 Å². The summed E-state index contributed by atoms with van der Waals surface area (Å²) in [6.45, 7) is 2.77. The fourth-order valence-electron chi connectivity index (χ4n) is 2.97. The highest BCUT2D eigenvalue weighted by molar-refractivity contribution is 5.96. The van der Waals surface area contributed by atoms with Gasteiger partial charge in [-0.05, 0) is 42.3 Å². The molecule has 1 heterocycles. The van der Waals surface area contributed by atoms with Gasteiger partial charge >= 0.3 is 6.03 Å². The number of nitrogens with one attached hydrogen (secondary N) is 3. The van der Waals surface area contributed by atoms with E-state index in [1.807, 2.05) is 31.2 Å². The molecule has 2 aromatic carbocycles. The number of rotatable bonds is 11. The van der Waals surface area contributed by atoms with E-state index in [0.29, 0.717) is 29.5 Å². The highest BCUT2D eigenvalue weighted by Crippen LogP contribution is 2.30. The first-order valence-corrected chi connectivity index (χ1v) is 11.0. The molecule has 0 fully saturated rings. The largest absolute Gasteiger partial charge is 0.490 e. The third-order valence-electron chi connectivity index (χ3n) is 4.71. The molecule has 0 aliphatic rings. The highest BCUT2D eigenvalue weighted by Gasteiger charge is 2.08. The number of hydrogen-bond donors (Lipinski definition) is 4. The van der Waals surface area contributed by atoms with Crippen LogP contribution < -0.4 is 31.2 Å². The van der Waals surface area contributed by atoms with Gasteiger partial charge in [0.2, 0.25) is 11.8 Å². The smallest absolute Gasteiger partial charge is 0.315 e. The summed E-state index contributed by atoms with van der Waals surface area (Å²) in [7, 11) is 0. The molecule has 4 amide bonds. The molecule has 1 aromatic heterocycles. The fraction of sp³-hybridized carbons (Fsp3) is 0.200. The van der Waals surface area contributed by atoms with Crippen LogP contribution in [0.4, 0.5) is 4.79 Å². The van der Waals surface area contributed by atoms with Crippen LogP contribution in [0.5, 0.6) is 17.4 Å². The zero-order valence-corrected chi connectivity index (χ0v) is 19.2. The molecule has 0 spiro atoms. The van der Waals surface area contributed by atoms with E-state index in [1.165, 1.54) is 0 Å². The van der Waals surface area contributed by atoms with Crippen LogP contribution in [0.3, 0.4) is 0 Å². The van der Waals surface area contributed by atoms with Gasteiger partial charge < -0.3 is 31.2 Å². The van der Waals surface area contributed by atoms with Gasteiger partial charge in [-0.2, -0.15) is 0 Å². The van der Waals surface area contributed by atoms with Crippen LogP contribution >= 0.6 is 0 Å². The molecule has 35 heavy (non-hydrogen) atoms. The molecule has 3 rings (SSSR count). The number of carbonyl (C=O) groups excluding carboxylic acids is 3. The van der Waals surface area contributed by atoms with Gasteiger partial charge in [0.25, 0.3) is 5.91 Å². The van der Waals surface area contributed by atoms with E-state index >= 15 is 0 Å². The first-order chi connectivity index (χ1) is 16.9. The lowest BCUT2D eigenvalue weighted by atomic mass is 10.1. The Hall–Kier alpha value is -4.60. The molecule has 0 bridgehead atoms. The summed E-state index contributed by atoms with van der Waals surface area (Å²) in [6.07, 6.45) is 1.63. The Morgan fingerprint density at radius 2 is 1.51 bits per heavy atom. The third-order valence-corrected chi connectivity index (χ3v) is 4.71. The standard InChI is InChI=1S/C25H27N5O5/c1-2-34-20-5-3-4-6-21(20)35-23-12-9-18(14-27-23)15-30-25(33)29-13-17-7-10-19(11-8-17)24(32)28-16-22(26)31/h3-12,14H,2,13,15-16H2,1H3,(H2,26,31)(H,28,32)(H2,29,30,33). The van der Waals surface area contributed by atoms with E-state index in [0.717, 1.165) is 11.1 Å². The number of para-hydroxylation sites is 2. The van der Waals surface area contributed by atoms with Crippen molar-refractivity contribution >= 4 is 17.8 Å². The predicted octanol–water partition coefficient (Wildman–Crippen LogP) is 2.49. The minimum atomic E-state index is -0.617. The Bertz CT molecular complexity index is 1150. The Morgan fingerprint density at radius 3 is 2.14 bits per heavy atom. The van der Waals surface area contributed by atoms with Gasteiger partial charge in [0.1, 0.15) is 0 Å². The first-order valence-electron chi connectivity index (χ1n) is 11.0. The van der Waals surface area contributed by atoms with Gasteiger partial charge in [0, 0.05) is 30.9 Å². The van der Waals surface area contributed by atoms with Gasteiger partial charge in [-0.1, -0.05) is 30.3 Å². The number of aromatic nitrogens is 1. The molecule has 0 saturated carbocycles. The molecule has 10 heteroatoms. The minimum Gasteiger partial charge on any atom is -0.490 e. The van der Waals surface area contributed by atoms with E-state index in [2.05, 4.69) is 20.9 Å². The number of carbonyl (C=O) groups is 3. The number of benzene rings is 2. The van der Waals surface area contributed by atoms with E-state index in [-0.39, 0.29) is 25.7 Å². The van der Waals surface area contributed by atoms with Gasteiger partial charge in [-0.3, -0.25) is 9.59 Å². The van der Waals surface area contributed by atoms with Gasteiger partial charge in [0.05, 0.1) is 13.2 Å². The van der Waals surface area contributed by atoms with Gasteiger partial charge in [-0.25, -0.2) is 9.78 Å². The number of urea groups is 1. The number of amides is 4. The molecule has 0 aliphatic heterocycles. The van der Waals surface area contributed by atoms with Crippen LogP contribution in [0.15, 0.2) is 66.9 Å². The molecule has 10 nitrogen and oxygen atoms in total. The summed E-state index contributed by atoms with van der Waals surface area (Å²) in [4.78, 5) is 39.0. The fourth-order valence-corrected chi connectivity index (χ4v) is 2.97. The van der Waals surface area contributed by atoms with Crippen LogP contribution in [-0.4, -0.2) is 36.0 Å². The maximum atomic E-state index is 12.1. The zero-order chi connectivity index (χ0) is 25.0. The van der Waals surface area contributed by atoms with E-state index in [9.17, 15) is 14.4 Å². The Labute approximate surface area is 202 Å². The van der Waals surface area contributed by atoms with Crippen molar-refractivity contribution in [1.82, 2.24) is 20.9 Å². The summed E-state index contributed by atoms with van der Waals surface area (Å²) < 4.78 is 11.3. The summed E-state index contributed by atoms with van der Waals surface area (Å²) in [6, 6.07) is 17.2. The molecular weight excluding hydrogens is 450 g/mol. The van der Waals surface area contributed by atoms with E-state index < -0.39 is 11.8 Å². The van der Waals surface area contributed by atoms with Crippen molar-refractivity contribution in [3.05, 3.63) is 83.6 Å². The summed E-state index contributed by atoms with van der Waals surface area (Å²) >= 11 is 0. The Morgan fingerprint density at radius 1 is 0.857 bits per heavy atom. The van der Waals surface area contributed by atoms with Crippen LogP contribution in [0.1, 0.15) is 28.4 Å². The van der Waals surface area contributed by atoms with E-state index in [4.69, 9.17) is 15.2 Å². The van der Waals surface area contributed by atoms with Crippen LogP contribution in [0, 0.1) is 0 Å². The maximum Gasteiger partial charge on any atom is 0.315 e. The summed E-state index contributed by atoms with van der Waals surface area (Å²) in [5.74, 6) is 0.613. The quantitative estimate of drug-likeness (QED) is 0.334. The highest BCUT2D eigenvalue weighted by atomic mass is 16.5. The van der Waals surface area contributed by atoms with Crippen LogP contribution in [0.2, 0.25) is 0 Å².